The van der Waals surface area contributed by atoms with Crippen molar-refractivity contribution >= 4 is 5.78 Å². The fourth-order valence-electron chi connectivity index (χ4n) is 1.75. The Bertz CT molecular complexity index is 627. The molecule has 2 aromatic carbocycles. The van der Waals surface area contributed by atoms with Gasteiger partial charge < -0.3 is 4.74 Å². The highest BCUT2D eigenvalue weighted by atomic mass is 16.5. The van der Waals surface area contributed by atoms with Crippen molar-refractivity contribution in [3.05, 3.63) is 65.2 Å². The van der Waals surface area contributed by atoms with Gasteiger partial charge in [0.25, 0.3) is 0 Å². The van der Waals surface area contributed by atoms with E-state index in [1.807, 2.05) is 36.4 Å². The molecule has 0 radical (unpaired) electrons. The largest absolute Gasteiger partial charge is 0.489 e. The SMILES string of the molecule is CC(=O)c1ccc(OCc2ccccc2)cc1C#N. The zero-order valence-corrected chi connectivity index (χ0v) is 10.6. The van der Waals surface area contributed by atoms with Crippen LogP contribution in [-0.2, 0) is 6.61 Å². The third kappa shape index (κ3) is 3.20. The van der Waals surface area contributed by atoms with Gasteiger partial charge in [0.2, 0.25) is 0 Å². The molecule has 3 heteroatoms. The second-order valence-electron chi connectivity index (χ2n) is 4.15. The molecule has 0 aliphatic heterocycles. The van der Waals surface area contributed by atoms with Gasteiger partial charge in [0.1, 0.15) is 18.4 Å². The van der Waals surface area contributed by atoms with Crippen molar-refractivity contribution in [2.45, 2.75) is 13.5 Å². The number of nitriles is 1. The monoisotopic (exact) mass is 251 g/mol. The molecule has 0 bridgehead atoms. The first kappa shape index (κ1) is 12.8. The van der Waals surface area contributed by atoms with Crippen molar-refractivity contribution in [2.75, 3.05) is 0 Å². The van der Waals surface area contributed by atoms with Gasteiger partial charge in [0.05, 0.1) is 5.56 Å². The van der Waals surface area contributed by atoms with E-state index in [-0.39, 0.29) is 5.78 Å². The number of carbonyl (C=O) groups is 1. The zero-order chi connectivity index (χ0) is 13.7. The summed E-state index contributed by atoms with van der Waals surface area (Å²) in [5.41, 5.74) is 1.82. The molecule has 0 heterocycles. The summed E-state index contributed by atoms with van der Waals surface area (Å²) < 4.78 is 5.61. The van der Waals surface area contributed by atoms with E-state index in [1.165, 1.54) is 6.92 Å². The quantitative estimate of drug-likeness (QED) is 0.783. The maximum absolute atomic E-state index is 11.3. The van der Waals surface area contributed by atoms with E-state index in [9.17, 15) is 4.79 Å². The van der Waals surface area contributed by atoms with Crippen LogP contribution in [0.2, 0.25) is 0 Å². The number of Topliss-reactive ketones (excluding diaryl/α,β-unsaturated/α-hetero) is 1. The number of nitrogens with zero attached hydrogens (tertiary/aromatic N) is 1. The lowest BCUT2D eigenvalue weighted by molar-refractivity contribution is 0.101. The Morgan fingerprint density at radius 3 is 2.58 bits per heavy atom. The summed E-state index contributed by atoms with van der Waals surface area (Å²) in [4.78, 5) is 11.3. The lowest BCUT2D eigenvalue weighted by Crippen LogP contribution is -1.99. The van der Waals surface area contributed by atoms with Crippen molar-refractivity contribution < 1.29 is 9.53 Å². The van der Waals surface area contributed by atoms with Crippen LogP contribution in [-0.4, -0.2) is 5.78 Å². The number of ether oxygens (including phenoxy) is 1. The number of rotatable bonds is 4. The average Bonchev–Trinajstić information content (AvgIpc) is 2.45. The minimum absolute atomic E-state index is 0.119. The van der Waals surface area contributed by atoms with Crippen molar-refractivity contribution in [2.24, 2.45) is 0 Å². The minimum Gasteiger partial charge on any atom is -0.489 e. The van der Waals surface area contributed by atoms with Crippen molar-refractivity contribution in [1.29, 1.82) is 5.26 Å². The topological polar surface area (TPSA) is 50.1 Å². The van der Waals surface area contributed by atoms with Crippen LogP contribution in [0.3, 0.4) is 0 Å². The predicted molar refractivity (Wildman–Crippen MR) is 71.9 cm³/mol. The van der Waals surface area contributed by atoms with Gasteiger partial charge in [-0.05, 0) is 30.7 Å². The van der Waals surface area contributed by atoms with Crippen molar-refractivity contribution in [3.8, 4) is 11.8 Å². The smallest absolute Gasteiger partial charge is 0.161 e. The van der Waals surface area contributed by atoms with E-state index < -0.39 is 0 Å². The highest BCUT2D eigenvalue weighted by Gasteiger charge is 2.08. The van der Waals surface area contributed by atoms with E-state index in [2.05, 4.69) is 0 Å². The van der Waals surface area contributed by atoms with E-state index in [4.69, 9.17) is 10.00 Å². The Kier molecular flexibility index (Phi) is 3.94. The van der Waals surface area contributed by atoms with Crippen LogP contribution in [0, 0.1) is 11.3 Å². The highest BCUT2D eigenvalue weighted by molar-refractivity contribution is 5.96. The molecule has 94 valence electrons. The Balaban J connectivity index is 2.14. The van der Waals surface area contributed by atoms with E-state index in [0.29, 0.717) is 23.5 Å². The summed E-state index contributed by atoms with van der Waals surface area (Å²) in [7, 11) is 0. The lowest BCUT2D eigenvalue weighted by atomic mass is 10.1. The molecule has 2 rings (SSSR count). The van der Waals surface area contributed by atoms with Gasteiger partial charge in [0, 0.05) is 5.56 Å². The van der Waals surface area contributed by atoms with Crippen LogP contribution in [0.1, 0.15) is 28.4 Å². The second kappa shape index (κ2) is 5.83. The second-order valence-corrected chi connectivity index (χ2v) is 4.15. The van der Waals surface area contributed by atoms with Crippen LogP contribution in [0.5, 0.6) is 5.75 Å². The highest BCUT2D eigenvalue weighted by Crippen LogP contribution is 2.19. The van der Waals surface area contributed by atoms with Crippen LogP contribution in [0.25, 0.3) is 0 Å². The van der Waals surface area contributed by atoms with E-state index >= 15 is 0 Å². The minimum atomic E-state index is -0.119. The standard InChI is InChI=1S/C16H13NO2/c1-12(18)16-8-7-15(9-14(16)10-17)19-11-13-5-3-2-4-6-13/h2-9H,11H2,1H3. The number of ketones is 1. The predicted octanol–water partition coefficient (Wildman–Crippen LogP) is 3.34. The lowest BCUT2D eigenvalue weighted by Gasteiger charge is -2.08. The van der Waals surface area contributed by atoms with Crippen molar-refractivity contribution in [1.82, 2.24) is 0 Å². The molecule has 0 aliphatic carbocycles. The molecule has 0 saturated carbocycles. The van der Waals surface area contributed by atoms with Gasteiger partial charge in [0.15, 0.2) is 5.78 Å². The maximum atomic E-state index is 11.3. The Morgan fingerprint density at radius 2 is 1.95 bits per heavy atom. The summed E-state index contributed by atoms with van der Waals surface area (Å²) in [6, 6.07) is 16.7. The molecule has 0 atom stereocenters. The van der Waals surface area contributed by atoms with Crippen LogP contribution < -0.4 is 4.74 Å². The third-order valence-corrected chi connectivity index (χ3v) is 2.74. The molecular formula is C16H13NO2. The number of hydrogen-bond donors (Lipinski definition) is 0. The normalized spacial score (nSPS) is 9.68. The molecule has 0 aliphatic rings. The number of benzene rings is 2. The third-order valence-electron chi connectivity index (χ3n) is 2.74. The van der Waals surface area contributed by atoms with E-state index in [0.717, 1.165) is 5.56 Å². The first-order valence-corrected chi connectivity index (χ1v) is 5.92. The average molecular weight is 251 g/mol. The Hall–Kier alpha value is -2.60. The molecule has 0 aromatic heterocycles. The molecule has 0 saturated heterocycles. The molecule has 0 amide bonds. The van der Waals surface area contributed by atoms with Gasteiger partial charge >= 0.3 is 0 Å². The zero-order valence-electron chi connectivity index (χ0n) is 10.6. The molecule has 0 N–H and O–H groups in total. The molecule has 2 aromatic rings. The maximum Gasteiger partial charge on any atom is 0.161 e. The number of carbonyl (C=O) groups excluding carboxylic acids is 1. The summed E-state index contributed by atoms with van der Waals surface area (Å²) in [5.74, 6) is 0.469. The summed E-state index contributed by atoms with van der Waals surface area (Å²) in [6.45, 7) is 1.88. The van der Waals surface area contributed by atoms with Gasteiger partial charge in [-0.15, -0.1) is 0 Å². The molecule has 19 heavy (non-hydrogen) atoms. The first-order chi connectivity index (χ1) is 9.20. The Morgan fingerprint density at radius 1 is 1.21 bits per heavy atom. The fourth-order valence-corrected chi connectivity index (χ4v) is 1.75. The summed E-state index contributed by atoms with van der Waals surface area (Å²) >= 11 is 0. The molecular weight excluding hydrogens is 238 g/mol. The fraction of sp³-hybridized carbons (Fsp3) is 0.125. The van der Waals surface area contributed by atoms with Gasteiger partial charge in [-0.3, -0.25) is 4.79 Å². The summed E-state index contributed by atoms with van der Waals surface area (Å²) in [5, 5.41) is 9.02. The van der Waals surface area contributed by atoms with Crippen LogP contribution in [0.4, 0.5) is 0 Å². The van der Waals surface area contributed by atoms with Gasteiger partial charge in [-0.2, -0.15) is 5.26 Å². The Labute approximate surface area is 112 Å². The molecule has 0 unspecified atom stereocenters. The molecule has 3 nitrogen and oxygen atoms in total. The van der Waals surface area contributed by atoms with Crippen LogP contribution >= 0.6 is 0 Å². The molecule has 0 spiro atoms. The van der Waals surface area contributed by atoms with Gasteiger partial charge in [-0.25, -0.2) is 0 Å². The first-order valence-electron chi connectivity index (χ1n) is 5.92. The molecule has 0 fully saturated rings. The van der Waals surface area contributed by atoms with E-state index in [1.54, 1.807) is 18.2 Å². The van der Waals surface area contributed by atoms with Crippen molar-refractivity contribution in [3.63, 3.8) is 0 Å². The number of hydrogen-bond acceptors (Lipinski definition) is 3. The summed E-state index contributed by atoms with van der Waals surface area (Å²) in [6.07, 6.45) is 0. The van der Waals surface area contributed by atoms with Gasteiger partial charge in [-0.1, -0.05) is 30.3 Å². The van der Waals surface area contributed by atoms with Crippen LogP contribution in [0.15, 0.2) is 48.5 Å².